The van der Waals surface area contributed by atoms with Crippen LogP contribution in [0.2, 0.25) is 0 Å². The maximum atomic E-state index is 9.31. The molecular formula is C8H9BrO3. The first-order valence-electron chi connectivity index (χ1n) is 3.42. The molecule has 0 bridgehead atoms. The van der Waals surface area contributed by atoms with Crippen LogP contribution in [0.5, 0.6) is 17.2 Å². The second kappa shape index (κ2) is 3.23. The molecule has 66 valence electrons. The van der Waals surface area contributed by atoms with Gasteiger partial charge in [-0.1, -0.05) is 22.0 Å². The van der Waals surface area contributed by atoms with Crippen molar-refractivity contribution in [1.82, 2.24) is 0 Å². The Kier molecular flexibility index (Phi) is 2.47. The van der Waals surface area contributed by atoms with Crippen LogP contribution in [0.4, 0.5) is 0 Å². The lowest BCUT2D eigenvalue weighted by Crippen LogP contribution is -1.84. The number of phenols is 3. The molecule has 1 atom stereocenters. The van der Waals surface area contributed by atoms with E-state index in [1.54, 1.807) is 6.07 Å². The summed E-state index contributed by atoms with van der Waals surface area (Å²) in [6, 6.07) is 2.88. The molecule has 0 spiro atoms. The van der Waals surface area contributed by atoms with Crippen LogP contribution in [-0.2, 0) is 0 Å². The molecule has 1 rings (SSSR count). The van der Waals surface area contributed by atoms with Gasteiger partial charge in [0.2, 0.25) is 5.75 Å². The van der Waals surface area contributed by atoms with Gasteiger partial charge in [0.1, 0.15) is 0 Å². The van der Waals surface area contributed by atoms with E-state index in [9.17, 15) is 5.11 Å². The summed E-state index contributed by atoms with van der Waals surface area (Å²) >= 11 is 3.24. The van der Waals surface area contributed by atoms with Gasteiger partial charge in [0.05, 0.1) is 0 Å². The number of hydrogen-bond donors (Lipinski definition) is 3. The SMILES string of the molecule is CC(Br)c1ccc(O)c(O)c1O. The lowest BCUT2D eigenvalue weighted by atomic mass is 10.1. The van der Waals surface area contributed by atoms with Crippen LogP contribution in [0.25, 0.3) is 0 Å². The smallest absolute Gasteiger partial charge is 0.200 e. The van der Waals surface area contributed by atoms with E-state index in [1.807, 2.05) is 6.92 Å². The lowest BCUT2D eigenvalue weighted by Gasteiger charge is -2.08. The molecule has 1 aromatic rings. The molecule has 1 aromatic carbocycles. The summed E-state index contributed by atoms with van der Waals surface area (Å²) in [6.45, 7) is 1.81. The fourth-order valence-corrected chi connectivity index (χ4v) is 1.28. The highest BCUT2D eigenvalue weighted by Crippen LogP contribution is 2.41. The molecule has 3 nitrogen and oxygen atoms in total. The van der Waals surface area contributed by atoms with Gasteiger partial charge in [-0.25, -0.2) is 0 Å². The Hall–Kier alpha value is -0.900. The van der Waals surface area contributed by atoms with E-state index < -0.39 is 5.75 Å². The minimum absolute atomic E-state index is 0.0657. The van der Waals surface area contributed by atoms with Gasteiger partial charge in [-0.3, -0.25) is 0 Å². The Bertz CT molecular complexity index is 297. The first-order chi connectivity index (χ1) is 5.54. The standard InChI is InChI=1S/C8H9BrO3/c1-4(9)5-2-3-6(10)8(12)7(5)11/h2-4,10-12H,1H3. The maximum absolute atomic E-state index is 9.31. The molecule has 0 fully saturated rings. The normalized spacial score (nSPS) is 12.8. The molecule has 0 saturated carbocycles. The number of aromatic hydroxyl groups is 3. The first kappa shape index (κ1) is 9.19. The molecule has 0 radical (unpaired) electrons. The Morgan fingerprint density at radius 1 is 1.17 bits per heavy atom. The van der Waals surface area contributed by atoms with Crippen LogP contribution in [0.3, 0.4) is 0 Å². The average molecular weight is 233 g/mol. The molecule has 1 unspecified atom stereocenters. The quantitative estimate of drug-likeness (QED) is 0.515. The van der Waals surface area contributed by atoms with Crippen molar-refractivity contribution in [2.75, 3.05) is 0 Å². The molecular weight excluding hydrogens is 224 g/mol. The number of halogens is 1. The van der Waals surface area contributed by atoms with Crippen LogP contribution < -0.4 is 0 Å². The van der Waals surface area contributed by atoms with Crippen molar-refractivity contribution in [1.29, 1.82) is 0 Å². The number of rotatable bonds is 1. The molecule has 12 heavy (non-hydrogen) atoms. The topological polar surface area (TPSA) is 60.7 Å². The Labute approximate surface area is 78.4 Å². The molecule has 0 aliphatic rings. The summed E-state index contributed by atoms with van der Waals surface area (Å²) in [5.74, 6) is -1.07. The Morgan fingerprint density at radius 2 is 1.75 bits per heavy atom. The van der Waals surface area contributed by atoms with E-state index in [4.69, 9.17) is 10.2 Å². The number of hydrogen-bond acceptors (Lipinski definition) is 3. The molecule has 4 heteroatoms. The van der Waals surface area contributed by atoms with E-state index in [0.717, 1.165) is 0 Å². The lowest BCUT2D eigenvalue weighted by molar-refractivity contribution is 0.365. The summed E-state index contributed by atoms with van der Waals surface area (Å²) < 4.78 is 0. The van der Waals surface area contributed by atoms with Crippen molar-refractivity contribution in [2.24, 2.45) is 0 Å². The van der Waals surface area contributed by atoms with E-state index in [1.165, 1.54) is 6.07 Å². The van der Waals surface area contributed by atoms with Crippen LogP contribution in [0.15, 0.2) is 12.1 Å². The zero-order chi connectivity index (χ0) is 9.30. The van der Waals surface area contributed by atoms with E-state index >= 15 is 0 Å². The highest BCUT2D eigenvalue weighted by molar-refractivity contribution is 9.09. The predicted molar refractivity (Wildman–Crippen MR) is 48.8 cm³/mol. The van der Waals surface area contributed by atoms with Crippen molar-refractivity contribution < 1.29 is 15.3 Å². The van der Waals surface area contributed by atoms with Gasteiger partial charge in [0.15, 0.2) is 11.5 Å². The van der Waals surface area contributed by atoms with Crippen molar-refractivity contribution in [3.8, 4) is 17.2 Å². The number of alkyl halides is 1. The third-order valence-corrected chi connectivity index (χ3v) is 2.08. The third-order valence-electron chi connectivity index (χ3n) is 1.59. The zero-order valence-electron chi connectivity index (χ0n) is 6.45. The summed E-state index contributed by atoms with van der Waals surface area (Å²) in [7, 11) is 0. The number of phenolic OH excluding ortho intramolecular Hbond substituents is 3. The minimum Gasteiger partial charge on any atom is -0.504 e. The van der Waals surface area contributed by atoms with Gasteiger partial charge in [0.25, 0.3) is 0 Å². The van der Waals surface area contributed by atoms with Crippen molar-refractivity contribution in [3.63, 3.8) is 0 Å². The van der Waals surface area contributed by atoms with Gasteiger partial charge in [-0.05, 0) is 13.0 Å². The van der Waals surface area contributed by atoms with E-state index in [2.05, 4.69) is 15.9 Å². The second-order valence-corrected chi connectivity index (χ2v) is 3.86. The molecule has 0 saturated heterocycles. The van der Waals surface area contributed by atoms with E-state index in [-0.39, 0.29) is 16.3 Å². The van der Waals surface area contributed by atoms with Crippen LogP contribution in [-0.4, -0.2) is 15.3 Å². The highest BCUT2D eigenvalue weighted by atomic mass is 79.9. The zero-order valence-corrected chi connectivity index (χ0v) is 8.04. The van der Waals surface area contributed by atoms with E-state index in [0.29, 0.717) is 5.56 Å². The summed E-state index contributed by atoms with van der Waals surface area (Å²) in [5.41, 5.74) is 0.547. The fraction of sp³-hybridized carbons (Fsp3) is 0.250. The first-order valence-corrected chi connectivity index (χ1v) is 4.33. The van der Waals surface area contributed by atoms with Gasteiger partial charge >= 0.3 is 0 Å². The maximum Gasteiger partial charge on any atom is 0.200 e. The predicted octanol–water partition coefficient (Wildman–Crippen LogP) is 2.26. The molecule has 3 N–H and O–H groups in total. The van der Waals surface area contributed by atoms with Gasteiger partial charge in [-0.15, -0.1) is 0 Å². The minimum atomic E-state index is -0.473. The second-order valence-electron chi connectivity index (χ2n) is 2.49. The Morgan fingerprint density at radius 3 is 2.25 bits per heavy atom. The third kappa shape index (κ3) is 1.48. The van der Waals surface area contributed by atoms with Gasteiger partial charge in [-0.2, -0.15) is 0 Å². The summed E-state index contributed by atoms with van der Waals surface area (Å²) in [6.07, 6.45) is 0. The summed E-state index contributed by atoms with van der Waals surface area (Å²) in [4.78, 5) is -0.0657. The molecule has 0 heterocycles. The summed E-state index contributed by atoms with van der Waals surface area (Å²) in [5, 5.41) is 27.4. The average Bonchev–Trinajstić information content (AvgIpc) is 2.00. The van der Waals surface area contributed by atoms with Crippen molar-refractivity contribution in [3.05, 3.63) is 17.7 Å². The molecule has 0 aliphatic carbocycles. The Balaban J connectivity index is 3.27. The van der Waals surface area contributed by atoms with Crippen LogP contribution in [0.1, 0.15) is 17.3 Å². The van der Waals surface area contributed by atoms with Gasteiger partial charge < -0.3 is 15.3 Å². The van der Waals surface area contributed by atoms with Gasteiger partial charge in [0, 0.05) is 10.4 Å². The fourth-order valence-electron chi connectivity index (χ4n) is 0.906. The molecule has 0 aromatic heterocycles. The highest BCUT2D eigenvalue weighted by Gasteiger charge is 2.13. The largest absolute Gasteiger partial charge is 0.504 e. The van der Waals surface area contributed by atoms with Crippen molar-refractivity contribution in [2.45, 2.75) is 11.8 Å². The monoisotopic (exact) mass is 232 g/mol. The van der Waals surface area contributed by atoms with Crippen LogP contribution >= 0.6 is 15.9 Å². The molecule has 0 aliphatic heterocycles. The van der Waals surface area contributed by atoms with Crippen molar-refractivity contribution >= 4 is 15.9 Å². The molecule has 0 amide bonds. The number of benzene rings is 1. The van der Waals surface area contributed by atoms with Crippen LogP contribution in [0, 0.1) is 0 Å².